The molecule has 1 aliphatic rings. The van der Waals surface area contributed by atoms with Gasteiger partial charge in [-0.3, -0.25) is 0 Å². The molecule has 0 saturated heterocycles. The Balaban J connectivity index is 1.89. The smallest absolute Gasteiger partial charge is 0.344 e. The van der Waals surface area contributed by atoms with Crippen molar-refractivity contribution in [2.24, 2.45) is 5.92 Å². The Morgan fingerprint density at radius 2 is 1.95 bits per heavy atom. The Hall–Kier alpha value is -1.22. The van der Waals surface area contributed by atoms with Gasteiger partial charge in [-0.05, 0) is 30.6 Å². The summed E-state index contributed by atoms with van der Waals surface area (Å²) >= 11 is 1.49. The van der Waals surface area contributed by atoms with Crippen LogP contribution in [0.2, 0.25) is 0 Å². The van der Waals surface area contributed by atoms with Gasteiger partial charge in [-0.2, -0.15) is 0 Å². The summed E-state index contributed by atoms with van der Waals surface area (Å²) in [6, 6.07) is 9.81. The Labute approximate surface area is 125 Å². The Morgan fingerprint density at radius 1 is 1.25 bits per heavy atom. The molecule has 3 heteroatoms. The monoisotopic (exact) mass is 290 g/mol. The average molecular weight is 290 g/mol. The first kappa shape index (κ1) is 15.2. The first-order valence-corrected chi connectivity index (χ1v) is 8.49. The van der Waals surface area contributed by atoms with Crippen LogP contribution in [0.1, 0.15) is 37.7 Å². The molecule has 0 N–H and O–H groups in total. The summed E-state index contributed by atoms with van der Waals surface area (Å²) in [5, 5.41) is 0. The van der Waals surface area contributed by atoms with E-state index >= 15 is 0 Å². The van der Waals surface area contributed by atoms with Crippen LogP contribution in [0.5, 0.6) is 0 Å². The zero-order valence-corrected chi connectivity index (χ0v) is 12.8. The maximum absolute atomic E-state index is 12.1. The van der Waals surface area contributed by atoms with Crippen LogP contribution in [-0.4, -0.2) is 12.2 Å². The van der Waals surface area contributed by atoms with Gasteiger partial charge in [0.2, 0.25) is 0 Å². The van der Waals surface area contributed by atoms with Crippen LogP contribution < -0.4 is 0 Å². The van der Waals surface area contributed by atoms with Gasteiger partial charge in [-0.25, -0.2) is 4.79 Å². The van der Waals surface area contributed by atoms with Crippen molar-refractivity contribution in [1.29, 1.82) is 0 Å². The highest BCUT2D eigenvalue weighted by molar-refractivity contribution is 8.03. The number of hydrogen-bond donors (Lipinski definition) is 0. The highest BCUT2D eigenvalue weighted by Crippen LogP contribution is 2.28. The molecule has 0 aliphatic heterocycles. The summed E-state index contributed by atoms with van der Waals surface area (Å²) in [4.78, 5) is 12.9. The van der Waals surface area contributed by atoms with Crippen molar-refractivity contribution >= 4 is 17.7 Å². The van der Waals surface area contributed by atoms with Crippen molar-refractivity contribution in [3.63, 3.8) is 0 Å². The summed E-state index contributed by atoms with van der Waals surface area (Å²) in [5.41, 5.74) is 1.03. The molecule has 20 heavy (non-hydrogen) atoms. The lowest BCUT2D eigenvalue weighted by Gasteiger charge is -2.19. The molecule has 108 valence electrons. The van der Waals surface area contributed by atoms with Crippen LogP contribution in [0.15, 0.2) is 41.3 Å². The minimum absolute atomic E-state index is 0.188. The van der Waals surface area contributed by atoms with Crippen LogP contribution in [0.4, 0.5) is 0 Å². The fourth-order valence-corrected chi connectivity index (χ4v) is 3.08. The molecular formula is C17H22O2S. The molecule has 2 nitrogen and oxygen atoms in total. The molecule has 1 aromatic rings. The van der Waals surface area contributed by atoms with Gasteiger partial charge in [0.25, 0.3) is 0 Å². The minimum Gasteiger partial charge on any atom is -0.457 e. The summed E-state index contributed by atoms with van der Waals surface area (Å²) in [6.45, 7) is 0.349. The molecule has 0 heterocycles. The lowest BCUT2D eigenvalue weighted by Crippen LogP contribution is -2.09. The summed E-state index contributed by atoms with van der Waals surface area (Å²) in [7, 11) is 0. The number of ether oxygens (including phenoxy) is 1. The van der Waals surface area contributed by atoms with Gasteiger partial charge in [-0.15, -0.1) is 11.8 Å². The molecule has 1 saturated carbocycles. The molecule has 0 atom stereocenters. The van der Waals surface area contributed by atoms with E-state index < -0.39 is 0 Å². The van der Waals surface area contributed by atoms with Crippen molar-refractivity contribution in [3.8, 4) is 0 Å². The molecule has 1 aliphatic carbocycles. The largest absolute Gasteiger partial charge is 0.457 e. The maximum atomic E-state index is 12.1. The van der Waals surface area contributed by atoms with Crippen LogP contribution in [0, 0.1) is 5.92 Å². The Kier molecular flexibility index (Phi) is 6.19. The minimum atomic E-state index is -0.188. The molecule has 2 rings (SSSR count). The van der Waals surface area contributed by atoms with Crippen LogP contribution in [-0.2, 0) is 16.1 Å². The molecule has 0 unspecified atom stereocenters. The molecule has 0 aromatic heterocycles. The van der Waals surface area contributed by atoms with Crippen LogP contribution in [0.25, 0.3) is 0 Å². The van der Waals surface area contributed by atoms with Crippen molar-refractivity contribution in [2.75, 3.05) is 6.26 Å². The van der Waals surface area contributed by atoms with E-state index in [4.69, 9.17) is 4.74 Å². The number of hydrogen-bond acceptors (Lipinski definition) is 3. The number of carbonyl (C=O) groups is 1. The molecule has 0 spiro atoms. The lowest BCUT2D eigenvalue weighted by atomic mass is 9.89. The van der Waals surface area contributed by atoms with E-state index in [2.05, 4.69) is 6.08 Å². The normalized spacial score (nSPS) is 16.9. The van der Waals surface area contributed by atoms with Crippen LogP contribution in [0.3, 0.4) is 0 Å². The number of benzene rings is 1. The predicted octanol–water partition coefficient (Wildman–Crippen LogP) is 4.56. The third-order valence-electron chi connectivity index (χ3n) is 3.67. The van der Waals surface area contributed by atoms with Gasteiger partial charge in [-0.1, -0.05) is 55.7 Å². The van der Waals surface area contributed by atoms with Gasteiger partial charge >= 0.3 is 5.97 Å². The lowest BCUT2D eigenvalue weighted by molar-refractivity contribution is -0.139. The number of thioether (sulfide) groups is 1. The van der Waals surface area contributed by atoms with E-state index in [-0.39, 0.29) is 5.97 Å². The van der Waals surface area contributed by atoms with E-state index in [1.54, 1.807) is 0 Å². The van der Waals surface area contributed by atoms with Gasteiger partial charge in [0, 0.05) is 0 Å². The molecule has 1 aromatic carbocycles. The Morgan fingerprint density at radius 3 is 2.60 bits per heavy atom. The first-order valence-electron chi connectivity index (χ1n) is 7.26. The molecular weight excluding hydrogens is 268 g/mol. The highest BCUT2D eigenvalue weighted by Gasteiger charge is 2.16. The third-order valence-corrected chi connectivity index (χ3v) is 4.41. The van der Waals surface area contributed by atoms with Crippen molar-refractivity contribution < 1.29 is 9.53 Å². The maximum Gasteiger partial charge on any atom is 0.344 e. The molecule has 0 amide bonds. The highest BCUT2D eigenvalue weighted by atomic mass is 32.2. The number of allylic oxidation sites excluding steroid dienone is 1. The fraction of sp³-hybridized carbons (Fsp3) is 0.471. The van der Waals surface area contributed by atoms with Gasteiger partial charge in [0.05, 0.1) is 4.91 Å². The van der Waals surface area contributed by atoms with Gasteiger partial charge < -0.3 is 4.74 Å². The SMILES string of the molecule is CS/C(=C\C1CCCCC1)C(=O)OCc1ccccc1. The van der Waals surface area contributed by atoms with E-state index in [1.165, 1.54) is 43.9 Å². The topological polar surface area (TPSA) is 26.3 Å². The number of carbonyl (C=O) groups excluding carboxylic acids is 1. The van der Waals surface area contributed by atoms with Crippen LogP contribution >= 0.6 is 11.8 Å². The fourth-order valence-electron chi connectivity index (χ4n) is 2.53. The standard InChI is InChI=1S/C17H22O2S/c1-20-16(12-14-8-4-2-5-9-14)17(18)19-13-15-10-6-3-7-11-15/h3,6-7,10-12,14H,2,4-5,8-9,13H2,1H3/b16-12-. The second-order valence-electron chi connectivity index (χ2n) is 5.19. The van der Waals surface area contributed by atoms with Gasteiger partial charge in [0.15, 0.2) is 0 Å². The van der Waals surface area contributed by atoms with Crippen molar-refractivity contribution in [1.82, 2.24) is 0 Å². The second kappa shape index (κ2) is 8.15. The zero-order chi connectivity index (χ0) is 14.2. The quantitative estimate of drug-likeness (QED) is 0.587. The zero-order valence-electron chi connectivity index (χ0n) is 12.0. The molecule has 1 fully saturated rings. The van der Waals surface area contributed by atoms with E-state index in [0.717, 1.165) is 10.5 Å². The van der Waals surface area contributed by atoms with Gasteiger partial charge in [0.1, 0.15) is 6.61 Å². The first-order chi connectivity index (χ1) is 9.79. The molecule has 0 radical (unpaired) electrons. The number of rotatable bonds is 5. The summed E-state index contributed by atoms with van der Waals surface area (Å²) in [5.74, 6) is 0.363. The Bertz CT molecular complexity index is 447. The number of esters is 1. The van der Waals surface area contributed by atoms with E-state index in [1.807, 2.05) is 36.6 Å². The summed E-state index contributed by atoms with van der Waals surface area (Å²) in [6.07, 6.45) is 10.4. The molecule has 0 bridgehead atoms. The van der Waals surface area contributed by atoms with E-state index in [9.17, 15) is 4.79 Å². The summed E-state index contributed by atoms with van der Waals surface area (Å²) < 4.78 is 5.39. The third kappa shape index (κ3) is 4.71. The van der Waals surface area contributed by atoms with E-state index in [0.29, 0.717) is 12.5 Å². The second-order valence-corrected chi connectivity index (χ2v) is 6.04. The van der Waals surface area contributed by atoms with Crippen molar-refractivity contribution in [2.45, 2.75) is 38.7 Å². The van der Waals surface area contributed by atoms with Crippen molar-refractivity contribution in [3.05, 3.63) is 46.9 Å². The average Bonchev–Trinajstić information content (AvgIpc) is 2.52. The predicted molar refractivity (Wildman–Crippen MR) is 84.4 cm³/mol.